The van der Waals surface area contributed by atoms with Gasteiger partial charge in [0.05, 0.1) is 17.5 Å². The molecular formula is C17H15BrN4O2. The molecular weight excluding hydrogens is 372 g/mol. The molecule has 0 saturated heterocycles. The van der Waals surface area contributed by atoms with Crippen molar-refractivity contribution >= 4 is 15.9 Å². The van der Waals surface area contributed by atoms with Crippen LogP contribution >= 0.6 is 15.9 Å². The molecule has 122 valence electrons. The van der Waals surface area contributed by atoms with Gasteiger partial charge in [-0.2, -0.15) is 0 Å². The average molecular weight is 387 g/mol. The van der Waals surface area contributed by atoms with Gasteiger partial charge >= 0.3 is 0 Å². The summed E-state index contributed by atoms with van der Waals surface area (Å²) in [5.74, 6) is 1.08. The highest BCUT2D eigenvalue weighted by Crippen LogP contribution is 2.22. The summed E-state index contributed by atoms with van der Waals surface area (Å²) in [6.07, 6.45) is 5.89. The maximum Gasteiger partial charge on any atom is 0.256 e. The number of pyridine rings is 1. The van der Waals surface area contributed by atoms with Crippen LogP contribution in [0.2, 0.25) is 0 Å². The Morgan fingerprint density at radius 2 is 2.29 bits per heavy atom. The number of furan rings is 1. The molecule has 7 heteroatoms. The molecule has 0 unspecified atom stereocenters. The SMILES string of the molecule is O=c1[nH]c(-c2ccco2)nc2c1CN(Cc1ccncc1Br)CC2. The van der Waals surface area contributed by atoms with Gasteiger partial charge in [0.25, 0.3) is 5.56 Å². The number of aromatic amines is 1. The normalized spacial score (nSPS) is 14.5. The van der Waals surface area contributed by atoms with Gasteiger partial charge in [0, 0.05) is 42.9 Å². The zero-order valence-electron chi connectivity index (χ0n) is 12.8. The number of aromatic nitrogens is 3. The van der Waals surface area contributed by atoms with Crippen molar-refractivity contribution in [2.45, 2.75) is 19.5 Å². The van der Waals surface area contributed by atoms with Crippen LogP contribution in [0.4, 0.5) is 0 Å². The minimum atomic E-state index is -0.0927. The molecule has 0 radical (unpaired) electrons. The van der Waals surface area contributed by atoms with Crippen molar-refractivity contribution in [2.24, 2.45) is 0 Å². The predicted molar refractivity (Wildman–Crippen MR) is 92.3 cm³/mol. The number of hydrogen-bond acceptors (Lipinski definition) is 5. The Balaban J connectivity index is 1.60. The van der Waals surface area contributed by atoms with E-state index in [0.29, 0.717) is 18.1 Å². The summed E-state index contributed by atoms with van der Waals surface area (Å²) in [5.41, 5.74) is 2.66. The molecule has 24 heavy (non-hydrogen) atoms. The number of nitrogens with zero attached hydrogens (tertiary/aromatic N) is 3. The quantitative estimate of drug-likeness (QED) is 0.748. The van der Waals surface area contributed by atoms with Crippen LogP contribution in [-0.2, 0) is 19.5 Å². The van der Waals surface area contributed by atoms with Crippen LogP contribution in [0.15, 0.2) is 50.5 Å². The molecule has 1 aliphatic heterocycles. The van der Waals surface area contributed by atoms with Crippen molar-refractivity contribution in [3.8, 4) is 11.6 Å². The van der Waals surface area contributed by atoms with Crippen molar-refractivity contribution in [3.63, 3.8) is 0 Å². The van der Waals surface area contributed by atoms with Gasteiger partial charge in [-0.25, -0.2) is 4.98 Å². The van der Waals surface area contributed by atoms with E-state index in [1.54, 1.807) is 30.8 Å². The lowest BCUT2D eigenvalue weighted by atomic mass is 10.1. The standard InChI is InChI=1S/C17H15BrN4O2/c18-13-8-19-5-3-11(13)9-22-6-4-14-12(10-22)17(23)21-16(20-14)15-2-1-7-24-15/h1-3,5,7-8H,4,6,9-10H2,(H,20,21,23). The number of nitrogens with one attached hydrogen (secondary N) is 1. The van der Waals surface area contributed by atoms with Crippen LogP contribution in [0.3, 0.4) is 0 Å². The van der Waals surface area contributed by atoms with Crippen LogP contribution in [0.5, 0.6) is 0 Å². The van der Waals surface area contributed by atoms with Crippen molar-refractivity contribution in [1.82, 2.24) is 19.9 Å². The van der Waals surface area contributed by atoms with Crippen molar-refractivity contribution in [2.75, 3.05) is 6.54 Å². The van der Waals surface area contributed by atoms with Gasteiger partial charge in [-0.3, -0.25) is 14.7 Å². The summed E-state index contributed by atoms with van der Waals surface area (Å²) in [6.45, 7) is 2.21. The molecule has 0 fully saturated rings. The smallest absolute Gasteiger partial charge is 0.256 e. The maximum atomic E-state index is 12.5. The first kappa shape index (κ1) is 15.3. The second kappa shape index (κ2) is 6.33. The first-order chi connectivity index (χ1) is 11.7. The molecule has 3 aromatic rings. The monoisotopic (exact) mass is 386 g/mol. The van der Waals surface area contributed by atoms with Crippen LogP contribution in [-0.4, -0.2) is 26.4 Å². The van der Waals surface area contributed by atoms with E-state index >= 15 is 0 Å². The molecule has 0 bridgehead atoms. The Labute approximate surface area is 146 Å². The predicted octanol–water partition coefficient (Wildman–Crippen LogP) is 2.75. The minimum absolute atomic E-state index is 0.0927. The van der Waals surface area contributed by atoms with Crippen molar-refractivity contribution in [1.29, 1.82) is 0 Å². The van der Waals surface area contributed by atoms with Gasteiger partial charge in [0.1, 0.15) is 0 Å². The first-order valence-corrected chi connectivity index (χ1v) is 8.46. The highest BCUT2D eigenvalue weighted by atomic mass is 79.9. The van der Waals surface area contributed by atoms with Gasteiger partial charge in [-0.1, -0.05) is 0 Å². The Hall–Kier alpha value is -2.25. The fourth-order valence-electron chi connectivity index (χ4n) is 2.92. The van der Waals surface area contributed by atoms with Gasteiger partial charge in [0.2, 0.25) is 0 Å². The average Bonchev–Trinajstić information content (AvgIpc) is 3.12. The van der Waals surface area contributed by atoms with Gasteiger partial charge in [-0.15, -0.1) is 0 Å². The van der Waals surface area contributed by atoms with Crippen LogP contribution < -0.4 is 5.56 Å². The number of fused-ring (bicyclic) bond motifs is 1. The van der Waals surface area contributed by atoms with Crippen molar-refractivity contribution in [3.05, 3.63) is 68.5 Å². The molecule has 4 rings (SSSR count). The lowest BCUT2D eigenvalue weighted by molar-refractivity contribution is 0.241. The molecule has 0 amide bonds. The van der Waals surface area contributed by atoms with E-state index in [0.717, 1.165) is 40.8 Å². The topological polar surface area (TPSA) is 75.0 Å². The van der Waals surface area contributed by atoms with Gasteiger partial charge < -0.3 is 9.40 Å². The third kappa shape index (κ3) is 2.92. The summed E-state index contributed by atoms with van der Waals surface area (Å²) < 4.78 is 6.31. The molecule has 0 aromatic carbocycles. The van der Waals surface area contributed by atoms with E-state index in [2.05, 4.69) is 35.8 Å². The Morgan fingerprint density at radius 3 is 3.08 bits per heavy atom. The molecule has 1 N–H and O–H groups in total. The van der Waals surface area contributed by atoms with E-state index in [-0.39, 0.29) is 5.56 Å². The van der Waals surface area contributed by atoms with E-state index in [4.69, 9.17) is 4.42 Å². The molecule has 0 atom stereocenters. The zero-order valence-corrected chi connectivity index (χ0v) is 14.4. The molecule has 6 nitrogen and oxygen atoms in total. The molecule has 0 saturated carbocycles. The summed E-state index contributed by atoms with van der Waals surface area (Å²) >= 11 is 3.52. The molecule has 1 aliphatic rings. The summed E-state index contributed by atoms with van der Waals surface area (Å²) in [7, 11) is 0. The van der Waals surface area contributed by atoms with E-state index < -0.39 is 0 Å². The molecule has 4 heterocycles. The second-order valence-electron chi connectivity index (χ2n) is 5.74. The Morgan fingerprint density at radius 1 is 1.38 bits per heavy atom. The van der Waals surface area contributed by atoms with Crippen LogP contribution in [0, 0.1) is 0 Å². The number of H-pyrrole nitrogens is 1. The van der Waals surface area contributed by atoms with Crippen LogP contribution in [0.25, 0.3) is 11.6 Å². The lowest BCUT2D eigenvalue weighted by Crippen LogP contribution is -2.35. The number of rotatable bonds is 3. The largest absolute Gasteiger partial charge is 0.461 e. The summed E-state index contributed by atoms with van der Waals surface area (Å²) in [5, 5.41) is 0. The second-order valence-corrected chi connectivity index (χ2v) is 6.60. The highest BCUT2D eigenvalue weighted by molar-refractivity contribution is 9.10. The number of halogens is 1. The fraction of sp³-hybridized carbons (Fsp3) is 0.235. The van der Waals surface area contributed by atoms with Crippen molar-refractivity contribution < 1.29 is 4.42 Å². The molecule has 3 aromatic heterocycles. The fourth-order valence-corrected chi connectivity index (χ4v) is 3.29. The van der Waals surface area contributed by atoms with Crippen LogP contribution in [0.1, 0.15) is 16.8 Å². The zero-order chi connectivity index (χ0) is 16.5. The Kier molecular flexibility index (Phi) is 4.03. The maximum absolute atomic E-state index is 12.5. The minimum Gasteiger partial charge on any atom is -0.461 e. The third-order valence-corrected chi connectivity index (χ3v) is 4.87. The third-order valence-electron chi connectivity index (χ3n) is 4.15. The van der Waals surface area contributed by atoms with Gasteiger partial charge in [-0.05, 0) is 39.7 Å². The number of hydrogen-bond donors (Lipinski definition) is 1. The van der Waals surface area contributed by atoms with E-state index in [1.807, 2.05) is 6.07 Å². The summed E-state index contributed by atoms with van der Waals surface area (Å²) in [4.78, 5) is 26.2. The van der Waals surface area contributed by atoms with E-state index in [9.17, 15) is 4.79 Å². The first-order valence-electron chi connectivity index (χ1n) is 7.67. The lowest BCUT2D eigenvalue weighted by Gasteiger charge is -2.27. The molecule has 0 aliphatic carbocycles. The van der Waals surface area contributed by atoms with E-state index in [1.165, 1.54) is 0 Å². The van der Waals surface area contributed by atoms with Gasteiger partial charge in [0.15, 0.2) is 11.6 Å². The Bertz CT molecular complexity index is 921. The molecule has 0 spiro atoms. The summed E-state index contributed by atoms with van der Waals surface area (Å²) in [6, 6.07) is 5.56. The highest BCUT2D eigenvalue weighted by Gasteiger charge is 2.22.